The molecule has 0 radical (unpaired) electrons. The van der Waals surface area contributed by atoms with Crippen molar-refractivity contribution in [3.8, 4) is 5.88 Å². The number of rotatable bonds is 10. The Morgan fingerprint density at radius 3 is 2.84 bits per heavy atom. The number of nitrogens with one attached hydrogen (secondary N) is 1. The third-order valence-corrected chi connectivity index (χ3v) is 5.61. The molecule has 4 heterocycles. The third kappa shape index (κ3) is 5.43. The summed E-state index contributed by atoms with van der Waals surface area (Å²) in [4.78, 5) is 29.9. The van der Waals surface area contributed by atoms with Crippen LogP contribution in [0.5, 0.6) is 5.88 Å². The molecule has 0 bridgehead atoms. The number of pyridine rings is 1. The van der Waals surface area contributed by atoms with Crippen molar-refractivity contribution in [3.05, 3.63) is 29.5 Å². The Bertz CT molecular complexity index is 916. The van der Waals surface area contributed by atoms with Crippen LogP contribution in [0.2, 0.25) is 0 Å². The molecule has 0 aliphatic carbocycles. The van der Waals surface area contributed by atoms with Gasteiger partial charge in [0.05, 0.1) is 26.2 Å². The number of nitrogens with zero attached hydrogens (tertiary/aromatic N) is 5. The molecular formula is C22H31N7O3. The fourth-order valence-corrected chi connectivity index (χ4v) is 3.74. The quantitative estimate of drug-likeness (QED) is 0.528. The lowest BCUT2D eigenvalue weighted by atomic mass is 10.2. The van der Waals surface area contributed by atoms with Crippen LogP contribution >= 0.6 is 0 Å². The molecule has 2 aromatic heterocycles. The number of ether oxygens (including phenoxy) is 2. The van der Waals surface area contributed by atoms with Gasteiger partial charge in [-0.05, 0) is 12.0 Å². The number of carbonyl (C=O) groups excluding carboxylic acids is 1. The number of aromatic nitrogens is 3. The first-order valence-corrected chi connectivity index (χ1v) is 11.2. The molecule has 172 valence electrons. The average molecular weight is 442 g/mol. The molecule has 0 saturated carbocycles. The number of amides is 1. The molecule has 4 rings (SSSR count). The van der Waals surface area contributed by atoms with Crippen LogP contribution in [0.4, 0.5) is 17.6 Å². The average Bonchev–Trinajstić information content (AvgIpc) is 3.12. The van der Waals surface area contributed by atoms with Crippen molar-refractivity contribution >= 4 is 23.5 Å². The van der Waals surface area contributed by atoms with Crippen LogP contribution < -0.4 is 20.7 Å². The van der Waals surface area contributed by atoms with E-state index in [-0.39, 0.29) is 12.3 Å². The summed E-state index contributed by atoms with van der Waals surface area (Å²) in [6.45, 7) is 8.11. The highest BCUT2D eigenvalue weighted by atomic mass is 16.5. The predicted octanol–water partition coefficient (Wildman–Crippen LogP) is 1.47. The zero-order valence-corrected chi connectivity index (χ0v) is 18.5. The van der Waals surface area contributed by atoms with Gasteiger partial charge in [0.2, 0.25) is 17.7 Å². The number of fused-ring (bicyclic) bond motifs is 1. The van der Waals surface area contributed by atoms with Gasteiger partial charge < -0.3 is 20.5 Å². The highest BCUT2D eigenvalue weighted by molar-refractivity contribution is 6.01. The fourth-order valence-electron chi connectivity index (χ4n) is 3.74. The Kier molecular flexibility index (Phi) is 7.33. The van der Waals surface area contributed by atoms with Gasteiger partial charge >= 0.3 is 0 Å². The zero-order valence-electron chi connectivity index (χ0n) is 18.5. The lowest BCUT2D eigenvalue weighted by Crippen LogP contribution is -2.38. The third-order valence-electron chi connectivity index (χ3n) is 5.61. The van der Waals surface area contributed by atoms with Crippen molar-refractivity contribution in [1.29, 1.82) is 0 Å². The van der Waals surface area contributed by atoms with E-state index in [4.69, 9.17) is 15.2 Å². The molecule has 2 aliphatic heterocycles. The normalized spacial score (nSPS) is 16.3. The minimum absolute atomic E-state index is 0.0439. The van der Waals surface area contributed by atoms with Gasteiger partial charge in [0.15, 0.2) is 0 Å². The summed E-state index contributed by atoms with van der Waals surface area (Å²) in [5.74, 6) is 1.91. The summed E-state index contributed by atoms with van der Waals surface area (Å²) in [6, 6.07) is 3.76. The molecule has 2 aromatic rings. The maximum Gasteiger partial charge on any atom is 0.233 e. The second-order valence-corrected chi connectivity index (χ2v) is 7.98. The van der Waals surface area contributed by atoms with Crippen LogP contribution in [0.15, 0.2) is 18.3 Å². The molecule has 10 heteroatoms. The molecule has 32 heavy (non-hydrogen) atoms. The van der Waals surface area contributed by atoms with E-state index < -0.39 is 0 Å². The topological polar surface area (TPSA) is 119 Å². The number of nitrogen functional groups attached to an aromatic ring is 1. The first-order valence-electron chi connectivity index (χ1n) is 11.2. The smallest absolute Gasteiger partial charge is 0.233 e. The summed E-state index contributed by atoms with van der Waals surface area (Å²) in [5.41, 5.74) is 7.69. The monoisotopic (exact) mass is 441 g/mol. The van der Waals surface area contributed by atoms with Crippen LogP contribution in [-0.4, -0.2) is 71.8 Å². The Labute approximate surface area is 188 Å². The summed E-state index contributed by atoms with van der Waals surface area (Å²) in [6.07, 6.45) is 4.03. The van der Waals surface area contributed by atoms with Crippen LogP contribution in [-0.2, 0) is 22.5 Å². The van der Waals surface area contributed by atoms with Crippen molar-refractivity contribution in [2.45, 2.75) is 32.7 Å². The van der Waals surface area contributed by atoms with Gasteiger partial charge in [-0.1, -0.05) is 19.4 Å². The van der Waals surface area contributed by atoms with Crippen LogP contribution in [0, 0.1) is 0 Å². The second-order valence-electron chi connectivity index (χ2n) is 7.98. The van der Waals surface area contributed by atoms with E-state index in [2.05, 4.69) is 32.1 Å². The van der Waals surface area contributed by atoms with E-state index in [0.717, 1.165) is 57.8 Å². The van der Waals surface area contributed by atoms with Crippen molar-refractivity contribution in [1.82, 2.24) is 19.9 Å². The van der Waals surface area contributed by atoms with Crippen molar-refractivity contribution in [2.24, 2.45) is 0 Å². The number of hydrogen-bond acceptors (Lipinski definition) is 9. The molecule has 10 nitrogen and oxygen atoms in total. The summed E-state index contributed by atoms with van der Waals surface area (Å²) in [5, 5.41) is 3.19. The lowest BCUT2D eigenvalue weighted by Gasteiger charge is -2.26. The number of nitrogens with two attached hydrogens (primary N) is 1. The molecule has 3 N–H and O–H groups in total. The van der Waals surface area contributed by atoms with Gasteiger partial charge in [-0.3, -0.25) is 14.6 Å². The zero-order chi connectivity index (χ0) is 22.3. The lowest BCUT2D eigenvalue weighted by molar-refractivity contribution is -0.117. The first-order chi connectivity index (χ1) is 15.6. The van der Waals surface area contributed by atoms with Crippen LogP contribution in [0.3, 0.4) is 0 Å². The first kappa shape index (κ1) is 22.2. The molecular weight excluding hydrogens is 410 g/mol. The Morgan fingerprint density at radius 2 is 2.09 bits per heavy atom. The molecule has 0 aromatic carbocycles. The molecule has 0 atom stereocenters. The maximum absolute atomic E-state index is 12.6. The van der Waals surface area contributed by atoms with E-state index in [1.54, 1.807) is 11.1 Å². The maximum atomic E-state index is 12.6. The molecule has 2 aliphatic rings. The molecule has 0 spiro atoms. The van der Waals surface area contributed by atoms with Crippen molar-refractivity contribution in [3.63, 3.8) is 0 Å². The van der Waals surface area contributed by atoms with Crippen molar-refractivity contribution < 1.29 is 14.3 Å². The Balaban J connectivity index is 1.36. The summed E-state index contributed by atoms with van der Waals surface area (Å²) < 4.78 is 11.1. The fraction of sp³-hybridized carbons (Fsp3) is 0.545. The standard InChI is InChI=1S/C22H31N7O3/c1-2-3-6-24-22-26-20(23)17-13-19(30)29(21(17)27-22)15-16-4-5-18(25-14-16)32-12-9-28-7-10-31-11-8-28/h4-5,14H,2-3,6-13,15H2,1H3,(H3,23,24,26,27). The minimum atomic E-state index is -0.0439. The Hall–Kier alpha value is -2.98. The number of unbranched alkanes of at least 4 members (excludes halogenated alkanes) is 1. The molecule has 1 saturated heterocycles. The largest absolute Gasteiger partial charge is 0.476 e. The van der Waals surface area contributed by atoms with E-state index in [0.29, 0.717) is 42.2 Å². The van der Waals surface area contributed by atoms with Gasteiger partial charge in [0.25, 0.3) is 0 Å². The Morgan fingerprint density at radius 1 is 1.25 bits per heavy atom. The second kappa shape index (κ2) is 10.6. The number of hydrogen-bond donors (Lipinski definition) is 2. The molecule has 1 amide bonds. The predicted molar refractivity (Wildman–Crippen MR) is 122 cm³/mol. The minimum Gasteiger partial charge on any atom is -0.476 e. The number of morpholine rings is 1. The van der Waals surface area contributed by atoms with Crippen molar-refractivity contribution in [2.75, 3.05) is 62.0 Å². The molecule has 1 fully saturated rings. The van der Waals surface area contributed by atoms with E-state index in [1.165, 1.54) is 0 Å². The van der Waals surface area contributed by atoms with E-state index in [9.17, 15) is 4.79 Å². The highest BCUT2D eigenvalue weighted by Crippen LogP contribution is 2.32. The molecule has 0 unspecified atom stereocenters. The van der Waals surface area contributed by atoms with Crippen LogP contribution in [0.1, 0.15) is 30.9 Å². The number of carbonyl (C=O) groups is 1. The highest BCUT2D eigenvalue weighted by Gasteiger charge is 2.32. The van der Waals surface area contributed by atoms with Gasteiger partial charge in [0.1, 0.15) is 18.2 Å². The number of anilines is 3. The van der Waals surface area contributed by atoms with Gasteiger partial charge in [-0.2, -0.15) is 9.97 Å². The van der Waals surface area contributed by atoms with Crippen LogP contribution in [0.25, 0.3) is 0 Å². The van der Waals surface area contributed by atoms with E-state index in [1.807, 2.05) is 12.1 Å². The van der Waals surface area contributed by atoms with E-state index >= 15 is 0 Å². The van der Waals surface area contributed by atoms with Gasteiger partial charge in [-0.15, -0.1) is 0 Å². The summed E-state index contributed by atoms with van der Waals surface area (Å²) >= 11 is 0. The summed E-state index contributed by atoms with van der Waals surface area (Å²) in [7, 11) is 0. The van der Waals surface area contributed by atoms with Gasteiger partial charge in [0, 0.05) is 44.0 Å². The SMILES string of the molecule is CCCCNc1nc(N)c2c(n1)N(Cc1ccc(OCCN3CCOCC3)nc1)C(=O)C2. The van der Waals surface area contributed by atoms with Gasteiger partial charge in [-0.25, -0.2) is 4.98 Å².